The lowest BCUT2D eigenvalue weighted by molar-refractivity contribution is 0.0697. The molecule has 2 aliphatic carbocycles. The molecule has 1 aliphatic heterocycles. The zero-order valence-electron chi connectivity index (χ0n) is 18.5. The van der Waals surface area contributed by atoms with Crippen LogP contribution in [0.5, 0.6) is 5.75 Å². The number of fused-ring (bicyclic) bond motifs is 4. The van der Waals surface area contributed by atoms with Gasteiger partial charge in [0.25, 0.3) is 0 Å². The molecule has 0 bridgehead atoms. The largest absolute Gasteiger partial charge is 0.489 e. The fraction of sp³-hybridized carbons (Fsp3) is 0.519. The highest BCUT2D eigenvalue weighted by atomic mass is 16.5. The van der Waals surface area contributed by atoms with Crippen molar-refractivity contribution < 1.29 is 14.6 Å². The van der Waals surface area contributed by atoms with Crippen molar-refractivity contribution in [2.75, 3.05) is 0 Å². The summed E-state index contributed by atoms with van der Waals surface area (Å²) < 4.78 is 6.66. The maximum absolute atomic E-state index is 11.4. The number of hydrogen-bond donors (Lipinski definition) is 1. The van der Waals surface area contributed by atoms with E-state index >= 15 is 0 Å². The minimum absolute atomic E-state index is 0.131. The summed E-state index contributed by atoms with van der Waals surface area (Å²) in [4.78, 5) is 11.4. The molecular weight excluding hydrogens is 372 g/mol. The van der Waals surface area contributed by atoms with Crippen molar-refractivity contribution in [3.05, 3.63) is 64.2 Å². The Labute approximate surface area is 179 Å². The SMILES string of the molecule is CC1(C)CCC(C)(C)c2cc3c(cc21)O[C@@H]1CCCC[C@]31c1ccc(C(=O)O)cc1. The van der Waals surface area contributed by atoms with Gasteiger partial charge in [-0.25, -0.2) is 4.79 Å². The van der Waals surface area contributed by atoms with Crippen LogP contribution < -0.4 is 4.74 Å². The first-order valence-electron chi connectivity index (χ1n) is 11.4. The van der Waals surface area contributed by atoms with E-state index in [1.165, 1.54) is 47.9 Å². The molecule has 0 spiro atoms. The fourth-order valence-electron chi connectivity index (χ4n) is 6.20. The lowest BCUT2D eigenvalue weighted by Gasteiger charge is -2.43. The highest BCUT2D eigenvalue weighted by molar-refractivity contribution is 5.87. The highest BCUT2D eigenvalue weighted by Crippen LogP contribution is 2.57. The Balaban J connectivity index is 1.72. The van der Waals surface area contributed by atoms with Crippen LogP contribution in [-0.4, -0.2) is 17.2 Å². The van der Waals surface area contributed by atoms with Crippen molar-refractivity contribution in [3.8, 4) is 5.75 Å². The van der Waals surface area contributed by atoms with Gasteiger partial charge in [0, 0.05) is 5.56 Å². The number of ether oxygens (including phenoxy) is 1. The van der Waals surface area contributed by atoms with Gasteiger partial charge in [-0.1, -0.05) is 52.3 Å². The maximum atomic E-state index is 11.4. The smallest absolute Gasteiger partial charge is 0.335 e. The number of aromatic carboxylic acids is 1. The molecule has 0 saturated heterocycles. The van der Waals surface area contributed by atoms with Crippen molar-refractivity contribution >= 4 is 5.97 Å². The van der Waals surface area contributed by atoms with Crippen LogP contribution in [0.3, 0.4) is 0 Å². The summed E-state index contributed by atoms with van der Waals surface area (Å²) in [7, 11) is 0. The Hall–Kier alpha value is -2.29. The lowest BCUT2D eigenvalue weighted by Crippen LogP contribution is -2.42. The van der Waals surface area contributed by atoms with Gasteiger partial charge >= 0.3 is 5.97 Å². The van der Waals surface area contributed by atoms with E-state index in [0.29, 0.717) is 5.56 Å². The first-order valence-corrected chi connectivity index (χ1v) is 11.4. The molecule has 3 nitrogen and oxygen atoms in total. The average Bonchev–Trinajstić information content (AvgIpc) is 3.05. The number of benzene rings is 2. The quantitative estimate of drug-likeness (QED) is 0.634. The van der Waals surface area contributed by atoms with Gasteiger partial charge in [0.15, 0.2) is 0 Å². The first kappa shape index (κ1) is 19.7. The molecule has 5 rings (SSSR count). The van der Waals surface area contributed by atoms with Crippen LogP contribution in [0.4, 0.5) is 0 Å². The van der Waals surface area contributed by atoms with Crippen LogP contribution in [0.15, 0.2) is 36.4 Å². The predicted molar refractivity (Wildman–Crippen MR) is 119 cm³/mol. The summed E-state index contributed by atoms with van der Waals surface area (Å²) in [6.07, 6.45) is 6.97. The van der Waals surface area contributed by atoms with Crippen LogP contribution in [0.25, 0.3) is 0 Å². The Morgan fingerprint density at radius 3 is 2.17 bits per heavy atom. The summed E-state index contributed by atoms with van der Waals surface area (Å²) in [6, 6.07) is 12.4. The van der Waals surface area contributed by atoms with Crippen LogP contribution in [-0.2, 0) is 16.2 Å². The summed E-state index contributed by atoms with van der Waals surface area (Å²) >= 11 is 0. The van der Waals surface area contributed by atoms with E-state index < -0.39 is 5.97 Å². The van der Waals surface area contributed by atoms with Crippen molar-refractivity contribution in [1.82, 2.24) is 0 Å². The van der Waals surface area contributed by atoms with Crippen molar-refractivity contribution in [2.45, 2.75) is 88.6 Å². The highest BCUT2D eigenvalue weighted by Gasteiger charge is 2.52. The molecule has 1 heterocycles. The zero-order chi connectivity index (χ0) is 21.3. The second-order valence-electron chi connectivity index (χ2n) is 10.9. The molecule has 0 radical (unpaired) electrons. The van der Waals surface area contributed by atoms with Gasteiger partial charge in [-0.05, 0) is 77.8 Å². The first-order chi connectivity index (χ1) is 14.1. The summed E-state index contributed by atoms with van der Waals surface area (Å²) in [5, 5.41) is 9.34. The average molecular weight is 405 g/mol. The molecule has 0 unspecified atom stereocenters. The normalized spacial score (nSPS) is 28.1. The summed E-state index contributed by atoms with van der Waals surface area (Å²) in [6.45, 7) is 9.46. The molecule has 2 aromatic carbocycles. The topological polar surface area (TPSA) is 46.5 Å². The van der Waals surface area contributed by atoms with Gasteiger partial charge < -0.3 is 9.84 Å². The number of carboxylic acid groups (broad SMARTS) is 1. The van der Waals surface area contributed by atoms with E-state index in [-0.39, 0.29) is 22.3 Å². The molecule has 2 aromatic rings. The third kappa shape index (κ3) is 2.67. The van der Waals surface area contributed by atoms with Crippen molar-refractivity contribution in [2.24, 2.45) is 0 Å². The molecule has 158 valence electrons. The van der Waals surface area contributed by atoms with E-state index in [4.69, 9.17) is 4.74 Å². The summed E-state index contributed by atoms with van der Waals surface area (Å²) in [5.74, 6) is 0.175. The molecule has 30 heavy (non-hydrogen) atoms. The molecule has 2 atom stereocenters. The van der Waals surface area contributed by atoms with E-state index in [1.807, 2.05) is 12.1 Å². The molecule has 0 amide bonds. The Kier molecular flexibility index (Phi) is 4.16. The molecule has 1 N–H and O–H groups in total. The molecule has 3 aliphatic rings. The van der Waals surface area contributed by atoms with E-state index in [9.17, 15) is 9.90 Å². The van der Waals surface area contributed by atoms with E-state index in [2.05, 4.69) is 39.8 Å². The number of hydrogen-bond acceptors (Lipinski definition) is 2. The zero-order valence-corrected chi connectivity index (χ0v) is 18.5. The predicted octanol–water partition coefficient (Wildman–Crippen LogP) is 6.35. The standard InChI is InChI=1S/C27H32O3/c1-25(2)13-14-26(3,4)20-16-22-21(15-19(20)25)27(12-6-5-7-23(27)30-22)18-10-8-17(9-11-18)24(28)29/h8-11,15-16,23H,5-7,12-14H2,1-4H3,(H,28,29)/t23-,27+/m1/s1. The minimum Gasteiger partial charge on any atom is -0.489 e. The minimum atomic E-state index is -0.875. The van der Waals surface area contributed by atoms with Crippen LogP contribution in [0, 0.1) is 0 Å². The second-order valence-corrected chi connectivity index (χ2v) is 10.9. The number of carboxylic acids is 1. The number of carbonyl (C=O) groups is 1. The van der Waals surface area contributed by atoms with Crippen molar-refractivity contribution in [3.63, 3.8) is 0 Å². The van der Waals surface area contributed by atoms with E-state index in [1.54, 1.807) is 12.1 Å². The van der Waals surface area contributed by atoms with Gasteiger partial charge in [-0.2, -0.15) is 0 Å². The van der Waals surface area contributed by atoms with Crippen LogP contribution in [0.1, 0.15) is 98.8 Å². The van der Waals surface area contributed by atoms with Crippen LogP contribution in [0.2, 0.25) is 0 Å². The molecular formula is C27H32O3. The maximum Gasteiger partial charge on any atom is 0.335 e. The lowest BCUT2D eigenvalue weighted by atomic mass is 9.60. The van der Waals surface area contributed by atoms with Crippen LogP contribution >= 0.6 is 0 Å². The monoisotopic (exact) mass is 404 g/mol. The summed E-state index contributed by atoms with van der Waals surface area (Å²) in [5.41, 5.74) is 5.91. The van der Waals surface area contributed by atoms with Crippen molar-refractivity contribution in [1.29, 1.82) is 0 Å². The van der Waals surface area contributed by atoms with Gasteiger partial charge in [0.2, 0.25) is 0 Å². The molecule has 1 fully saturated rings. The van der Waals surface area contributed by atoms with Gasteiger partial charge in [-0.3, -0.25) is 0 Å². The Morgan fingerprint density at radius 1 is 0.900 bits per heavy atom. The van der Waals surface area contributed by atoms with Gasteiger partial charge in [0.05, 0.1) is 11.0 Å². The Bertz CT molecular complexity index is 1020. The Morgan fingerprint density at radius 2 is 1.53 bits per heavy atom. The molecule has 0 aromatic heterocycles. The number of rotatable bonds is 2. The van der Waals surface area contributed by atoms with Gasteiger partial charge in [0.1, 0.15) is 11.9 Å². The third-order valence-electron chi connectivity index (χ3n) is 8.19. The fourth-order valence-corrected chi connectivity index (χ4v) is 6.20. The molecule has 1 saturated carbocycles. The van der Waals surface area contributed by atoms with E-state index in [0.717, 1.165) is 18.6 Å². The third-order valence-corrected chi connectivity index (χ3v) is 8.19. The molecule has 3 heteroatoms. The van der Waals surface area contributed by atoms with Gasteiger partial charge in [-0.15, -0.1) is 0 Å². The second kappa shape index (κ2) is 6.35.